The van der Waals surface area contributed by atoms with Crippen molar-refractivity contribution >= 4 is 83.5 Å². The molecule has 0 unspecified atom stereocenters. The van der Waals surface area contributed by atoms with Gasteiger partial charge < -0.3 is 9.47 Å². The van der Waals surface area contributed by atoms with Gasteiger partial charge >= 0.3 is 21.6 Å². The fraction of sp³-hybridized carbons (Fsp3) is 0.143. The Morgan fingerprint density at radius 1 is 0.732 bits per heavy atom. The number of halogens is 3. The quantitative estimate of drug-likeness (QED) is 0.0536. The molecule has 4 amide bonds. The van der Waals surface area contributed by atoms with Gasteiger partial charge in [-0.3, -0.25) is 19.2 Å². The third-order valence-electron chi connectivity index (χ3n) is 7.73. The predicted octanol–water partition coefficient (Wildman–Crippen LogP) is 4.64. The van der Waals surface area contributed by atoms with Crippen molar-refractivity contribution in [2.45, 2.75) is 5.51 Å². The fourth-order valence-corrected chi connectivity index (χ4v) is 6.27. The van der Waals surface area contributed by atoms with E-state index in [-0.39, 0.29) is 45.9 Å². The molecule has 16 nitrogen and oxygen atoms in total. The van der Waals surface area contributed by atoms with E-state index in [4.69, 9.17) is 16.0 Å². The van der Waals surface area contributed by atoms with Gasteiger partial charge in [-0.25, -0.2) is 9.64 Å². The third kappa shape index (κ3) is 8.19. The van der Waals surface area contributed by atoms with Crippen molar-refractivity contribution in [1.29, 1.82) is 0 Å². The molecule has 0 aliphatic carbocycles. The second-order valence-electron chi connectivity index (χ2n) is 11.4. The average molecular weight is 816 g/mol. The Morgan fingerprint density at radius 2 is 1.20 bits per heavy atom. The van der Waals surface area contributed by atoms with Crippen LogP contribution in [0.15, 0.2) is 72.9 Å². The summed E-state index contributed by atoms with van der Waals surface area (Å²) in [6.45, 7) is 7.16. The van der Waals surface area contributed by atoms with E-state index in [1.54, 1.807) is 24.3 Å². The summed E-state index contributed by atoms with van der Waals surface area (Å²) in [5, 5.41) is 1.23. The van der Waals surface area contributed by atoms with Gasteiger partial charge in [0.05, 0.1) is 41.7 Å². The molecule has 0 fully saturated rings. The number of esters is 1. The van der Waals surface area contributed by atoms with Crippen molar-refractivity contribution in [1.82, 2.24) is 10.1 Å². The Bertz CT molecular complexity index is 2630. The van der Waals surface area contributed by atoms with Crippen LogP contribution in [-0.2, 0) is 43.1 Å². The Kier molecular flexibility index (Phi) is 11.5. The first-order valence-corrected chi connectivity index (χ1v) is 18.7. The molecule has 0 saturated heterocycles. The monoisotopic (exact) mass is 815 g/mol. The highest BCUT2D eigenvalue weighted by molar-refractivity contribution is 7.87. The van der Waals surface area contributed by atoms with Crippen molar-refractivity contribution in [3.8, 4) is 0 Å². The molecule has 290 valence electrons. The minimum atomic E-state index is -6.22. The summed E-state index contributed by atoms with van der Waals surface area (Å²) in [5.74, 6) is -5.05. The SMILES string of the molecule is COCCOC(=O)/C=C/c1ccc2c3c(cccc13)C(=O)N(OS(C)(=O)=O)C2=O.[C-]#[N+]/C=C/c1ccc2c3c(cccc13)C(=O)N(OS(=O)(=O)C(F)(F)F)C2=O. The number of nitrogens with zero attached hydrogens (tertiary/aromatic N) is 3. The van der Waals surface area contributed by atoms with Crippen molar-refractivity contribution in [2.24, 2.45) is 0 Å². The van der Waals surface area contributed by atoms with E-state index in [9.17, 15) is 54.0 Å². The van der Waals surface area contributed by atoms with E-state index in [1.807, 2.05) is 0 Å². The molecular formula is C35H24F3N3O13S2. The van der Waals surface area contributed by atoms with Crippen LogP contribution in [0.25, 0.3) is 38.5 Å². The Hall–Kier alpha value is -6.31. The van der Waals surface area contributed by atoms with Gasteiger partial charge in [0.1, 0.15) is 6.61 Å². The highest BCUT2D eigenvalue weighted by Gasteiger charge is 2.51. The number of rotatable bonds is 10. The number of alkyl halides is 3. The number of hydroxylamine groups is 4. The van der Waals surface area contributed by atoms with Gasteiger partial charge in [0, 0.05) is 24.0 Å². The van der Waals surface area contributed by atoms with E-state index >= 15 is 0 Å². The van der Waals surface area contributed by atoms with Crippen LogP contribution in [-0.4, -0.2) is 88.6 Å². The molecule has 6 rings (SSSR count). The summed E-state index contributed by atoms with van der Waals surface area (Å²) in [7, 11) is -8.81. The van der Waals surface area contributed by atoms with Crippen LogP contribution >= 0.6 is 0 Å². The molecular weight excluding hydrogens is 792 g/mol. The zero-order chi connectivity index (χ0) is 41.2. The van der Waals surface area contributed by atoms with Crippen molar-refractivity contribution in [2.75, 3.05) is 26.6 Å². The summed E-state index contributed by atoms with van der Waals surface area (Å²) in [6, 6.07) is 14.5. The second-order valence-corrected chi connectivity index (χ2v) is 14.4. The van der Waals surface area contributed by atoms with Gasteiger partial charge in [-0.05, 0) is 52.2 Å². The number of carbonyl (C=O) groups excluding carboxylic acids is 5. The van der Waals surface area contributed by atoms with E-state index in [0.717, 1.165) is 12.5 Å². The molecule has 21 heteroatoms. The molecule has 0 spiro atoms. The standard InChI is InChI=1S/C19H17NO8S.C16H7F3N2O5S/c1-26-10-11-27-16(21)9-7-12-6-8-15-17-13(12)4-3-5-14(17)18(22)20(19(15)23)28-29(2,24)25;1-20-8-7-9-5-6-12-13-10(9)3-2-4-11(13)14(22)21(15(12)23)26-27(24,25)16(17,18)19/h3-9H,10-11H2,1-2H3;2-8H/b9-7+;8-7+. The van der Waals surface area contributed by atoms with Crippen LogP contribution < -0.4 is 0 Å². The normalized spacial score (nSPS) is 14.4. The van der Waals surface area contributed by atoms with E-state index in [0.29, 0.717) is 27.3 Å². The Labute approximate surface area is 314 Å². The topological polar surface area (TPSA) is 201 Å². The van der Waals surface area contributed by atoms with Gasteiger partial charge in [0.15, 0.2) is 6.20 Å². The number of ether oxygens (including phenoxy) is 2. The number of hydrogen-bond donors (Lipinski definition) is 0. The molecule has 0 bridgehead atoms. The molecule has 2 heterocycles. The second kappa shape index (κ2) is 15.8. The van der Waals surface area contributed by atoms with Crippen molar-refractivity contribution in [3.63, 3.8) is 0 Å². The van der Waals surface area contributed by atoms with Crippen molar-refractivity contribution < 1.29 is 72.0 Å². The molecule has 2 aliphatic heterocycles. The van der Waals surface area contributed by atoms with Gasteiger partial charge in [0.2, 0.25) is 0 Å². The zero-order valence-electron chi connectivity index (χ0n) is 28.6. The van der Waals surface area contributed by atoms with Gasteiger partial charge in [0.25, 0.3) is 33.7 Å². The molecule has 0 atom stereocenters. The number of benzene rings is 4. The van der Waals surface area contributed by atoms with E-state index < -0.39 is 60.4 Å². The minimum Gasteiger partial charge on any atom is -0.460 e. The first kappa shape index (κ1) is 40.9. The fourth-order valence-electron chi connectivity index (χ4n) is 5.44. The number of carbonyl (C=O) groups is 5. The van der Waals surface area contributed by atoms with Crippen LogP contribution in [0, 0.1) is 6.57 Å². The maximum absolute atomic E-state index is 12.6. The van der Waals surface area contributed by atoms with Crippen LogP contribution in [0.2, 0.25) is 0 Å². The number of methoxy groups -OCH3 is 1. The first-order valence-electron chi connectivity index (χ1n) is 15.5. The molecule has 0 N–H and O–H groups in total. The van der Waals surface area contributed by atoms with Crippen LogP contribution in [0.1, 0.15) is 52.6 Å². The lowest BCUT2D eigenvalue weighted by atomic mass is 9.92. The summed E-state index contributed by atoms with van der Waals surface area (Å²) in [4.78, 5) is 64.9. The predicted molar refractivity (Wildman–Crippen MR) is 188 cm³/mol. The summed E-state index contributed by atoms with van der Waals surface area (Å²) >= 11 is 0. The lowest BCUT2D eigenvalue weighted by Gasteiger charge is -2.26. The number of amides is 4. The molecule has 56 heavy (non-hydrogen) atoms. The van der Waals surface area contributed by atoms with Gasteiger partial charge in [-0.1, -0.05) is 42.5 Å². The van der Waals surface area contributed by atoms with Gasteiger partial charge in [-0.2, -0.15) is 30.0 Å². The molecule has 0 radical (unpaired) electrons. The first-order chi connectivity index (χ1) is 26.3. The maximum Gasteiger partial charge on any atom is 0.525 e. The Balaban J connectivity index is 0.000000215. The minimum absolute atomic E-state index is 0.110. The maximum atomic E-state index is 12.6. The number of hydrogen-bond acceptors (Lipinski definition) is 13. The summed E-state index contributed by atoms with van der Waals surface area (Å²) < 4.78 is 101. The molecule has 0 aromatic heterocycles. The molecule has 0 saturated carbocycles. The van der Waals surface area contributed by atoms with E-state index in [1.165, 1.54) is 61.7 Å². The van der Waals surface area contributed by atoms with E-state index in [2.05, 4.69) is 13.4 Å². The summed E-state index contributed by atoms with van der Waals surface area (Å²) in [5.41, 5.74) is -4.95. The van der Waals surface area contributed by atoms with Crippen molar-refractivity contribution in [3.05, 3.63) is 118 Å². The largest absolute Gasteiger partial charge is 0.525 e. The third-order valence-corrected chi connectivity index (χ3v) is 9.07. The highest BCUT2D eigenvalue weighted by Crippen LogP contribution is 2.36. The Morgan fingerprint density at radius 3 is 1.64 bits per heavy atom. The average Bonchev–Trinajstić information content (AvgIpc) is 3.14. The summed E-state index contributed by atoms with van der Waals surface area (Å²) in [6.07, 6.45) is 6.06. The number of imide groups is 2. The lowest BCUT2D eigenvalue weighted by molar-refractivity contribution is -0.138. The molecule has 4 aromatic carbocycles. The van der Waals surface area contributed by atoms with Crippen LogP contribution in [0.5, 0.6) is 0 Å². The zero-order valence-corrected chi connectivity index (χ0v) is 30.2. The highest BCUT2D eigenvalue weighted by atomic mass is 32.2. The van der Waals surface area contributed by atoms with Crippen LogP contribution in [0.4, 0.5) is 13.2 Å². The smallest absolute Gasteiger partial charge is 0.460 e. The van der Waals surface area contributed by atoms with Gasteiger partial charge in [-0.15, -0.1) is 18.7 Å². The molecule has 2 aliphatic rings. The lowest BCUT2D eigenvalue weighted by Crippen LogP contribution is -2.44. The van der Waals surface area contributed by atoms with Crippen LogP contribution in [0.3, 0.4) is 0 Å². The molecule has 4 aromatic rings.